The van der Waals surface area contributed by atoms with Crippen molar-refractivity contribution in [3.05, 3.63) is 0 Å². The van der Waals surface area contributed by atoms with Gasteiger partial charge in [-0.15, -0.1) is 0 Å². The third-order valence-electron chi connectivity index (χ3n) is 15.0. The molecule has 0 bridgehead atoms. The van der Waals surface area contributed by atoms with Gasteiger partial charge in [-0.3, -0.25) is 0 Å². The highest BCUT2D eigenvalue weighted by atomic mass is 14.4. The lowest BCUT2D eigenvalue weighted by Gasteiger charge is -2.40. The Balaban J connectivity index is 0.983. The summed E-state index contributed by atoms with van der Waals surface area (Å²) in [7, 11) is 0. The molecule has 5 aliphatic carbocycles. The average molecular weight is 595 g/mol. The van der Waals surface area contributed by atoms with Gasteiger partial charge in [0, 0.05) is 0 Å². The van der Waals surface area contributed by atoms with Crippen molar-refractivity contribution in [2.45, 2.75) is 207 Å². The summed E-state index contributed by atoms with van der Waals surface area (Å²) in [5, 5.41) is 0. The van der Waals surface area contributed by atoms with Crippen LogP contribution in [0.5, 0.6) is 0 Å². The zero-order chi connectivity index (χ0) is 29.9. The maximum atomic E-state index is 2.52. The second-order valence-electron chi connectivity index (χ2n) is 17.9. The number of hydrogen-bond donors (Lipinski definition) is 0. The molecular formula is C43H78. The van der Waals surface area contributed by atoms with E-state index in [4.69, 9.17) is 0 Å². The average Bonchev–Trinajstić information content (AvgIpc) is 3.52. The molecule has 0 spiro atoms. The molecule has 5 rings (SSSR count). The van der Waals surface area contributed by atoms with Crippen LogP contribution in [0.2, 0.25) is 0 Å². The predicted molar refractivity (Wildman–Crippen MR) is 189 cm³/mol. The standard InChI is InChI=1S/C43H78/c1-4-6-7-8-9-14-34-15-11-17-42(31-34)39-24-22-37(23-25-39)36(12-5-2)20-18-35-19-21-43(32-35)40-28-26-38(27-29-40)41-16-10-13-33(3)30-41/h33-43H,4-32H2,1-3H3. The molecule has 5 fully saturated rings. The smallest absolute Gasteiger partial charge is 0.0383 e. The van der Waals surface area contributed by atoms with Crippen LogP contribution >= 0.6 is 0 Å². The Hall–Kier alpha value is 0. The molecule has 0 N–H and O–H groups in total. The van der Waals surface area contributed by atoms with Crippen molar-refractivity contribution in [1.82, 2.24) is 0 Å². The fraction of sp³-hybridized carbons (Fsp3) is 1.00. The van der Waals surface area contributed by atoms with Gasteiger partial charge in [0.05, 0.1) is 0 Å². The van der Waals surface area contributed by atoms with E-state index < -0.39 is 0 Å². The van der Waals surface area contributed by atoms with Crippen LogP contribution < -0.4 is 0 Å². The minimum Gasteiger partial charge on any atom is -0.0654 e. The molecule has 0 aromatic heterocycles. The quantitative estimate of drug-likeness (QED) is 0.165. The van der Waals surface area contributed by atoms with E-state index in [2.05, 4.69) is 20.8 Å². The molecular weight excluding hydrogens is 516 g/mol. The van der Waals surface area contributed by atoms with Crippen LogP contribution in [-0.4, -0.2) is 0 Å². The molecule has 0 saturated heterocycles. The predicted octanol–water partition coefficient (Wildman–Crippen LogP) is 14.2. The molecule has 7 atom stereocenters. The van der Waals surface area contributed by atoms with Gasteiger partial charge in [-0.25, -0.2) is 0 Å². The fourth-order valence-corrected chi connectivity index (χ4v) is 12.4. The van der Waals surface area contributed by atoms with Gasteiger partial charge >= 0.3 is 0 Å². The summed E-state index contributed by atoms with van der Waals surface area (Å²) in [5.74, 6) is 11.9. The highest BCUT2D eigenvalue weighted by Gasteiger charge is 2.37. The fourth-order valence-electron chi connectivity index (χ4n) is 12.4. The van der Waals surface area contributed by atoms with Crippen molar-refractivity contribution in [2.75, 3.05) is 0 Å². The first kappa shape index (κ1) is 34.3. The topological polar surface area (TPSA) is 0 Å². The van der Waals surface area contributed by atoms with Crippen LogP contribution in [0.1, 0.15) is 207 Å². The maximum Gasteiger partial charge on any atom is -0.0383 e. The van der Waals surface area contributed by atoms with Crippen molar-refractivity contribution < 1.29 is 0 Å². The van der Waals surface area contributed by atoms with Gasteiger partial charge in [-0.1, -0.05) is 124 Å². The Bertz CT molecular complexity index is 722. The molecule has 0 heteroatoms. The largest absolute Gasteiger partial charge is 0.0654 e. The summed E-state index contributed by atoms with van der Waals surface area (Å²) >= 11 is 0. The normalized spacial score (nSPS) is 40.0. The number of rotatable bonds is 15. The molecule has 0 aromatic rings. The van der Waals surface area contributed by atoms with E-state index in [0.717, 1.165) is 65.1 Å². The Kier molecular flexibility index (Phi) is 14.7. The van der Waals surface area contributed by atoms with E-state index in [9.17, 15) is 0 Å². The first-order chi connectivity index (χ1) is 21.1. The van der Waals surface area contributed by atoms with Crippen molar-refractivity contribution in [1.29, 1.82) is 0 Å². The monoisotopic (exact) mass is 595 g/mol. The molecule has 0 heterocycles. The summed E-state index contributed by atoms with van der Waals surface area (Å²) in [6.45, 7) is 7.34. The van der Waals surface area contributed by atoms with Crippen molar-refractivity contribution in [2.24, 2.45) is 65.1 Å². The minimum absolute atomic E-state index is 1.01. The van der Waals surface area contributed by atoms with E-state index in [1.807, 2.05) is 0 Å². The molecule has 0 nitrogen and oxygen atoms in total. The Morgan fingerprint density at radius 3 is 1.65 bits per heavy atom. The Morgan fingerprint density at radius 2 is 1.00 bits per heavy atom. The van der Waals surface area contributed by atoms with Crippen LogP contribution in [0.3, 0.4) is 0 Å². The summed E-state index contributed by atoms with van der Waals surface area (Å²) in [6.07, 6.45) is 44.9. The first-order valence-corrected chi connectivity index (χ1v) is 21.1. The van der Waals surface area contributed by atoms with Crippen LogP contribution in [-0.2, 0) is 0 Å². The van der Waals surface area contributed by atoms with Crippen molar-refractivity contribution in [3.8, 4) is 0 Å². The van der Waals surface area contributed by atoms with Gasteiger partial charge in [-0.2, -0.15) is 0 Å². The SMILES string of the molecule is CCCCCCCC1CCCC(C2CCC(C(CCC)CCC3CCC(C4CCC(C5CCCC(C)C5)CC4)C3)CC2)C1. The van der Waals surface area contributed by atoms with Crippen LogP contribution in [0.15, 0.2) is 0 Å². The van der Waals surface area contributed by atoms with E-state index in [1.54, 1.807) is 128 Å². The third kappa shape index (κ3) is 10.5. The molecule has 0 amide bonds. The molecule has 250 valence electrons. The van der Waals surface area contributed by atoms with Gasteiger partial charge in [-0.05, 0) is 149 Å². The zero-order valence-electron chi connectivity index (χ0n) is 29.9. The summed E-state index contributed by atoms with van der Waals surface area (Å²) in [5.41, 5.74) is 0. The minimum atomic E-state index is 1.01. The first-order valence-electron chi connectivity index (χ1n) is 21.1. The van der Waals surface area contributed by atoms with Gasteiger partial charge < -0.3 is 0 Å². The highest BCUT2D eigenvalue weighted by molar-refractivity contribution is 4.89. The van der Waals surface area contributed by atoms with E-state index in [1.165, 1.54) is 57.8 Å². The molecule has 0 radical (unpaired) electrons. The van der Waals surface area contributed by atoms with E-state index in [0.29, 0.717) is 0 Å². The Labute approximate surface area is 271 Å². The van der Waals surface area contributed by atoms with E-state index >= 15 is 0 Å². The number of unbranched alkanes of at least 4 members (excludes halogenated alkanes) is 4. The van der Waals surface area contributed by atoms with Crippen LogP contribution in [0, 0.1) is 65.1 Å². The van der Waals surface area contributed by atoms with E-state index in [-0.39, 0.29) is 0 Å². The van der Waals surface area contributed by atoms with Gasteiger partial charge in [0.25, 0.3) is 0 Å². The third-order valence-corrected chi connectivity index (χ3v) is 15.0. The second kappa shape index (κ2) is 18.4. The summed E-state index contributed by atoms with van der Waals surface area (Å²) in [6, 6.07) is 0. The van der Waals surface area contributed by atoms with Crippen LogP contribution in [0.25, 0.3) is 0 Å². The molecule has 5 aliphatic rings. The lowest BCUT2D eigenvalue weighted by Crippen LogP contribution is -2.29. The molecule has 43 heavy (non-hydrogen) atoms. The molecule has 0 aliphatic heterocycles. The molecule has 0 aromatic carbocycles. The molecule has 7 unspecified atom stereocenters. The van der Waals surface area contributed by atoms with Crippen molar-refractivity contribution in [3.63, 3.8) is 0 Å². The Morgan fingerprint density at radius 1 is 0.442 bits per heavy atom. The maximum absolute atomic E-state index is 2.52. The van der Waals surface area contributed by atoms with Crippen molar-refractivity contribution >= 4 is 0 Å². The summed E-state index contributed by atoms with van der Waals surface area (Å²) in [4.78, 5) is 0. The van der Waals surface area contributed by atoms with Gasteiger partial charge in [0.15, 0.2) is 0 Å². The molecule has 5 saturated carbocycles. The zero-order valence-corrected chi connectivity index (χ0v) is 29.9. The number of hydrogen-bond acceptors (Lipinski definition) is 0. The highest BCUT2D eigenvalue weighted by Crippen LogP contribution is 2.49. The lowest BCUT2D eigenvalue weighted by molar-refractivity contribution is 0.109. The van der Waals surface area contributed by atoms with Gasteiger partial charge in [0.1, 0.15) is 0 Å². The second-order valence-corrected chi connectivity index (χ2v) is 17.9. The van der Waals surface area contributed by atoms with Gasteiger partial charge in [0.2, 0.25) is 0 Å². The van der Waals surface area contributed by atoms with Crippen LogP contribution in [0.4, 0.5) is 0 Å². The lowest BCUT2D eigenvalue weighted by atomic mass is 9.65. The summed E-state index contributed by atoms with van der Waals surface area (Å²) < 4.78 is 0.